The predicted octanol–water partition coefficient (Wildman–Crippen LogP) is 2.81. The summed E-state index contributed by atoms with van der Waals surface area (Å²) in [6.45, 7) is 0. The first kappa shape index (κ1) is 13.8. The zero-order chi connectivity index (χ0) is 14.7. The van der Waals surface area contributed by atoms with E-state index in [4.69, 9.17) is 10.5 Å². The Morgan fingerprint density at radius 1 is 1.15 bits per heavy atom. The monoisotopic (exact) mass is 278 g/mol. The maximum Gasteiger partial charge on any atom is 0.255 e. The molecule has 0 aliphatic carbocycles. The van der Waals surface area contributed by atoms with Gasteiger partial charge in [0.15, 0.2) is 11.6 Å². The molecule has 0 fully saturated rings. The number of carbonyl (C=O) groups is 1. The number of anilines is 2. The number of carbonyl (C=O) groups excluding carboxylic acids is 1. The maximum absolute atomic E-state index is 13.5. The Kier molecular flexibility index (Phi) is 3.84. The number of methoxy groups -OCH3 is 1. The van der Waals surface area contributed by atoms with Crippen LogP contribution in [0.5, 0.6) is 5.75 Å². The minimum absolute atomic E-state index is 0.0247. The molecule has 0 aromatic heterocycles. The van der Waals surface area contributed by atoms with Gasteiger partial charge in [-0.15, -0.1) is 0 Å². The van der Waals surface area contributed by atoms with Gasteiger partial charge in [-0.2, -0.15) is 0 Å². The lowest BCUT2D eigenvalue weighted by atomic mass is 10.2. The largest absolute Gasteiger partial charge is 0.494 e. The molecule has 0 saturated carbocycles. The van der Waals surface area contributed by atoms with Crippen molar-refractivity contribution in [2.75, 3.05) is 18.2 Å². The second-order valence-corrected chi connectivity index (χ2v) is 4.04. The fraction of sp³-hybridized carbons (Fsp3) is 0.0714. The molecule has 0 heterocycles. The van der Waals surface area contributed by atoms with Crippen molar-refractivity contribution in [1.82, 2.24) is 0 Å². The van der Waals surface area contributed by atoms with Crippen LogP contribution in [-0.4, -0.2) is 13.0 Å². The molecular weight excluding hydrogens is 266 g/mol. The molecule has 0 unspecified atom stereocenters. The van der Waals surface area contributed by atoms with Crippen LogP contribution in [0.2, 0.25) is 0 Å². The van der Waals surface area contributed by atoms with E-state index in [2.05, 4.69) is 5.32 Å². The number of rotatable bonds is 3. The Hall–Kier alpha value is -2.63. The van der Waals surface area contributed by atoms with Gasteiger partial charge in [0.25, 0.3) is 5.91 Å². The molecule has 2 rings (SSSR count). The van der Waals surface area contributed by atoms with Crippen molar-refractivity contribution in [2.24, 2.45) is 0 Å². The van der Waals surface area contributed by atoms with Gasteiger partial charge >= 0.3 is 0 Å². The lowest BCUT2D eigenvalue weighted by Crippen LogP contribution is -2.13. The van der Waals surface area contributed by atoms with E-state index < -0.39 is 17.5 Å². The van der Waals surface area contributed by atoms with Crippen LogP contribution < -0.4 is 15.8 Å². The first-order chi connectivity index (χ1) is 9.51. The normalized spacial score (nSPS) is 10.2. The van der Waals surface area contributed by atoms with Crippen LogP contribution in [0.3, 0.4) is 0 Å². The first-order valence-corrected chi connectivity index (χ1v) is 5.71. The van der Waals surface area contributed by atoms with Gasteiger partial charge in [-0.1, -0.05) is 0 Å². The van der Waals surface area contributed by atoms with E-state index in [1.54, 1.807) is 0 Å². The van der Waals surface area contributed by atoms with Crippen LogP contribution >= 0.6 is 0 Å². The lowest BCUT2D eigenvalue weighted by Gasteiger charge is -2.08. The Morgan fingerprint density at radius 3 is 2.55 bits per heavy atom. The second kappa shape index (κ2) is 5.56. The molecule has 20 heavy (non-hydrogen) atoms. The summed E-state index contributed by atoms with van der Waals surface area (Å²) in [5, 5.41) is 2.33. The Bertz CT molecular complexity index is 660. The number of benzene rings is 2. The van der Waals surface area contributed by atoms with E-state index in [0.717, 1.165) is 12.1 Å². The number of ether oxygens (including phenoxy) is 1. The third-order valence-corrected chi connectivity index (χ3v) is 2.65. The highest BCUT2D eigenvalue weighted by Crippen LogP contribution is 2.21. The Morgan fingerprint density at radius 2 is 1.90 bits per heavy atom. The highest BCUT2D eigenvalue weighted by Gasteiger charge is 2.12. The summed E-state index contributed by atoms with van der Waals surface area (Å²) in [7, 11) is 1.32. The summed E-state index contributed by atoms with van der Waals surface area (Å²) >= 11 is 0. The van der Waals surface area contributed by atoms with Crippen LogP contribution in [0.15, 0.2) is 36.4 Å². The molecule has 0 bridgehead atoms. The van der Waals surface area contributed by atoms with E-state index in [0.29, 0.717) is 5.69 Å². The third kappa shape index (κ3) is 2.85. The standard InChI is InChI=1S/C14H12F2N2O2/c1-20-13-5-2-8(6-11(13)16)14(19)18-12-7-9(17)3-4-10(12)15/h2-7H,17H2,1H3,(H,18,19). The molecule has 0 aliphatic rings. The summed E-state index contributed by atoms with van der Waals surface area (Å²) in [6, 6.07) is 7.50. The van der Waals surface area contributed by atoms with Crippen molar-refractivity contribution in [3.63, 3.8) is 0 Å². The first-order valence-electron chi connectivity index (χ1n) is 5.71. The number of halogens is 2. The van der Waals surface area contributed by atoms with E-state index in [9.17, 15) is 13.6 Å². The molecule has 0 radical (unpaired) electrons. The SMILES string of the molecule is COc1ccc(C(=O)Nc2cc(N)ccc2F)cc1F. The fourth-order valence-corrected chi connectivity index (χ4v) is 1.64. The van der Waals surface area contributed by atoms with Crippen LogP contribution in [-0.2, 0) is 0 Å². The average Bonchev–Trinajstić information content (AvgIpc) is 2.42. The van der Waals surface area contributed by atoms with Gasteiger partial charge in [0.2, 0.25) is 0 Å². The van der Waals surface area contributed by atoms with Crippen molar-refractivity contribution >= 4 is 17.3 Å². The highest BCUT2D eigenvalue weighted by atomic mass is 19.1. The molecule has 0 saturated heterocycles. The van der Waals surface area contributed by atoms with Gasteiger partial charge in [0, 0.05) is 11.3 Å². The molecule has 6 heteroatoms. The molecule has 2 aromatic rings. The fourth-order valence-electron chi connectivity index (χ4n) is 1.64. The molecule has 1 amide bonds. The average molecular weight is 278 g/mol. The zero-order valence-electron chi connectivity index (χ0n) is 10.6. The number of nitrogen functional groups attached to an aromatic ring is 1. The van der Waals surface area contributed by atoms with Crippen molar-refractivity contribution < 1.29 is 18.3 Å². The van der Waals surface area contributed by atoms with Gasteiger partial charge in [-0.05, 0) is 36.4 Å². The molecule has 0 atom stereocenters. The third-order valence-electron chi connectivity index (χ3n) is 2.65. The minimum atomic E-state index is -0.673. The summed E-state index contributed by atoms with van der Waals surface area (Å²) in [5.74, 6) is -1.91. The van der Waals surface area contributed by atoms with Crippen LogP contribution in [0, 0.1) is 11.6 Å². The number of hydrogen-bond acceptors (Lipinski definition) is 3. The smallest absolute Gasteiger partial charge is 0.255 e. The molecule has 3 N–H and O–H groups in total. The van der Waals surface area contributed by atoms with E-state index in [1.165, 1.54) is 31.4 Å². The summed E-state index contributed by atoms with van der Waals surface area (Å²) < 4.78 is 31.7. The minimum Gasteiger partial charge on any atom is -0.494 e. The highest BCUT2D eigenvalue weighted by molar-refractivity contribution is 6.04. The molecule has 2 aromatic carbocycles. The number of nitrogens with two attached hydrogens (primary N) is 1. The van der Waals surface area contributed by atoms with Crippen molar-refractivity contribution in [3.05, 3.63) is 53.6 Å². The quantitative estimate of drug-likeness (QED) is 0.848. The second-order valence-electron chi connectivity index (χ2n) is 4.04. The number of nitrogens with one attached hydrogen (secondary N) is 1. The molecule has 4 nitrogen and oxygen atoms in total. The molecule has 104 valence electrons. The summed E-state index contributed by atoms with van der Waals surface area (Å²) in [5.41, 5.74) is 5.80. The van der Waals surface area contributed by atoms with Crippen molar-refractivity contribution in [1.29, 1.82) is 0 Å². The van der Waals surface area contributed by atoms with Gasteiger partial charge in [-0.25, -0.2) is 8.78 Å². The maximum atomic E-state index is 13.5. The van der Waals surface area contributed by atoms with Gasteiger partial charge in [0.05, 0.1) is 12.8 Å². The number of hydrogen-bond donors (Lipinski definition) is 2. The van der Waals surface area contributed by atoms with Crippen LogP contribution in [0.4, 0.5) is 20.2 Å². The number of amides is 1. The van der Waals surface area contributed by atoms with Crippen LogP contribution in [0.25, 0.3) is 0 Å². The molecular formula is C14H12F2N2O2. The van der Waals surface area contributed by atoms with Crippen molar-refractivity contribution in [3.8, 4) is 5.75 Å². The summed E-state index contributed by atoms with van der Waals surface area (Å²) in [4.78, 5) is 11.9. The Balaban J connectivity index is 2.24. The topological polar surface area (TPSA) is 64.3 Å². The predicted molar refractivity (Wildman–Crippen MR) is 71.7 cm³/mol. The van der Waals surface area contributed by atoms with Gasteiger partial charge in [-0.3, -0.25) is 4.79 Å². The zero-order valence-corrected chi connectivity index (χ0v) is 10.6. The van der Waals surface area contributed by atoms with Gasteiger partial charge in [0.1, 0.15) is 5.82 Å². The molecule has 0 aliphatic heterocycles. The lowest BCUT2D eigenvalue weighted by molar-refractivity contribution is 0.102. The van der Waals surface area contributed by atoms with Crippen molar-refractivity contribution in [2.45, 2.75) is 0 Å². The van der Waals surface area contributed by atoms with Gasteiger partial charge < -0.3 is 15.8 Å². The Labute approximate surface area is 114 Å². The molecule has 0 spiro atoms. The summed E-state index contributed by atoms with van der Waals surface area (Å²) in [6.07, 6.45) is 0. The van der Waals surface area contributed by atoms with E-state index >= 15 is 0 Å². The van der Waals surface area contributed by atoms with E-state index in [1.807, 2.05) is 0 Å². The van der Waals surface area contributed by atoms with E-state index in [-0.39, 0.29) is 17.0 Å². The van der Waals surface area contributed by atoms with Crippen LogP contribution in [0.1, 0.15) is 10.4 Å².